The number of rotatable bonds is 2. The second-order valence-electron chi connectivity index (χ2n) is 4.93. The first-order valence-corrected chi connectivity index (χ1v) is 7.08. The van der Waals surface area contributed by atoms with E-state index in [-0.39, 0.29) is 12.4 Å². The van der Waals surface area contributed by atoms with Crippen LogP contribution in [0.2, 0.25) is 0 Å². The van der Waals surface area contributed by atoms with Gasteiger partial charge in [0.15, 0.2) is 16.3 Å². The van der Waals surface area contributed by atoms with Gasteiger partial charge in [-0.1, -0.05) is 0 Å². The highest BCUT2D eigenvalue weighted by Crippen LogP contribution is 2.34. The highest BCUT2D eigenvalue weighted by Gasteiger charge is 2.17. The van der Waals surface area contributed by atoms with E-state index in [1.54, 1.807) is 24.5 Å². The first-order valence-electron chi connectivity index (χ1n) is 6.68. The number of fused-ring (bicyclic) bond motifs is 2. The molecule has 3 heterocycles. The van der Waals surface area contributed by atoms with E-state index >= 15 is 0 Å². The number of hydrogen-bond donors (Lipinski definition) is 1. The molecule has 0 saturated heterocycles. The van der Waals surface area contributed by atoms with Crippen LogP contribution in [0.25, 0.3) is 10.9 Å². The van der Waals surface area contributed by atoms with E-state index in [0.717, 1.165) is 5.56 Å². The van der Waals surface area contributed by atoms with Crippen LogP contribution in [0, 0.1) is 4.77 Å². The molecule has 0 atom stereocenters. The summed E-state index contributed by atoms with van der Waals surface area (Å²) >= 11 is 5.31. The molecule has 7 heteroatoms. The number of nitrogens with one attached hydrogen (secondary N) is 1. The summed E-state index contributed by atoms with van der Waals surface area (Å²) in [5.74, 6) is 1.19. The van der Waals surface area contributed by atoms with Gasteiger partial charge in [0.1, 0.15) is 0 Å². The van der Waals surface area contributed by atoms with Gasteiger partial charge in [0.25, 0.3) is 5.56 Å². The normalized spacial score (nSPS) is 12.7. The minimum absolute atomic E-state index is 0.158. The molecule has 1 aliphatic rings. The average Bonchev–Trinajstić information content (AvgIpc) is 2.98. The van der Waals surface area contributed by atoms with Crippen LogP contribution in [0.4, 0.5) is 0 Å². The quantitative estimate of drug-likeness (QED) is 0.735. The maximum absolute atomic E-state index is 12.7. The second-order valence-corrected chi connectivity index (χ2v) is 5.31. The van der Waals surface area contributed by atoms with Crippen molar-refractivity contribution in [3.05, 3.63) is 57.3 Å². The molecule has 4 rings (SSSR count). The van der Waals surface area contributed by atoms with Crippen molar-refractivity contribution in [2.75, 3.05) is 6.79 Å². The number of pyridine rings is 1. The van der Waals surface area contributed by atoms with Gasteiger partial charge in [0.05, 0.1) is 17.4 Å². The summed E-state index contributed by atoms with van der Waals surface area (Å²) in [4.78, 5) is 19.8. The zero-order valence-electron chi connectivity index (χ0n) is 11.4. The Morgan fingerprint density at radius 3 is 2.73 bits per heavy atom. The highest BCUT2D eigenvalue weighted by molar-refractivity contribution is 7.71. The smallest absolute Gasteiger partial charge is 0.262 e. The molecule has 0 unspecified atom stereocenters. The molecule has 0 spiro atoms. The fourth-order valence-electron chi connectivity index (χ4n) is 2.46. The topological polar surface area (TPSA) is 69.1 Å². The maximum Gasteiger partial charge on any atom is 0.262 e. The maximum atomic E-state index is 12.7. The largest absolute Gasteiger partial charge is 0.454 e. The van der Waals surface area contributed by atoms with E-state index in [0.29, 0.717) is 33.7 Å². The Morgan fingerprint density at radius 2 is 1.95 bits per heavy atom. The average molecular weight is 313 g/mol. The zero-order chi connectivity index (χ0) is 15.1. The number of benzene rings is 1. The van der Waals surface area contributed by atoms with E-state index in [1.807, 2.05) is 12.1 Å². The molecule has 0 radical (unpaired) electrons. The third-order valence-electron chi connectivity index (χ3n) is 3.57. The fraction of sp³-hybridized carbons (Fsp3) is 0.133. The lowest BCUT2D eigenvalue weighted by molar-refractivity contribution is 0.174. The molecule has 1 N–H and O–H groups in total. The van der Waals surface area contributed by atoms with Crippen molar-refractivity contribution in [3.63, 3.8) is 0 Å². The molecule has 0 fully saturated rings. The van der Waals surface area contributed by atoms with E-state index in [2.05, 4.69) is 9.97 Å². The van der Waals surface area contributed by atoms with Crippen LogP contribution in [0.15, 0.2) is 41.5 Å². The minimum Gasteiger partial charge on any atom is -0.454 e. The molecular formula is C15H11N3O3S. The van der Waals surface area contributed by atoms with Crippen molar-refractivity contribution in [2.24, 2.45) is 0 Å². The fourth-order valence-corrected chi connectivity index (χ4v) is 2.71. The molecule has 0 aliphatic carbocycles. The number of aromatic amines is 1. The van der Waals surface area contributed by atoms with Crippen LogP contribution in [0.3, 0.4) is 0 Å². The summed E-state index contributed by atoms with van der Waals surface area (Å²) in [5, 5.41) is 0.520. The van der Waals surface area contributed by atoms with E-state index in [9.17, 15) is 4.79 Å². The van der Waals surface area contributed by atoms with Gasteiger partial charge in [0.2, 0.25) is 6.79 Å². The summed E-state index contributed by atoms with van der Waals surface area (Å²) < 4.78 is 12.5. The van der Waals surface area contributed by atoms with Crippen molar-refractivity contribution in [3.8, 4) is 11.5 Å². The minimum atomic E-state index is -0.158. The van der Waals surface area contributed by atoms with Gasteiger partial charge in [-0.3, -0.25) is 14.3 Å². The molecule has 2 aromatic heterocycles. The standard InChI is InChI=1S/C15H11N3O3S/c19-14-10-5-12-13(21-8-20-12)6-11(10)17-15(22)18(14)7-9-1-3-16-4-2-9/h1-6H,7-8H2,(H,17,22). The molecule has 6 nitrogen and oxygen atoms in total. The molecule has 1 aliphatic heterocycles. The molecule has 0 saturated carbocycles. The lowest BCUT2D eigenvalue weighted by atomic mass is 10.2. The monoisotopic (exact) mass is 313 g/mol. The van der Waals surface area contributed by atoms with Crippen LogP contribution >= 0.6 is 12.2 Å². The lowest BCUT2D eigenvalue weighted by Crippen LogP contribution is -2.22. The Kier molecular flexibility index (Phi) is 2.93. The van der Waals surface area contributed by atoms with Gasteiger partial charge < -0.3 is 14.5 Å². The van der Waals surface area contributed by atoms with Gasteiger partial charge in [-0.05, 0) is 36.0 Å². The third-order valence-corrected chi connectivity index (χ3v) is 3.89. The summed E-state index contributed by atoms with van der Waals surface area (Å²) in [6, 6.07) is 7.13. The van der Waals surface area contributed by atoms with Crippen molar-refractivity contribution in [1.29, 1.82) is 0 Å². The Labute approximate surface area is 130 Å². The van der Waals surface area contributed by atoms with Crippen molar-refractivity contribution >= 4 is 23.1 Å². The van der Waals surface area contributed by atoms with Crippen molar-refractivity contribution in [2.45, 2.75) is 6.54 Å². The summed E-state index contributed by atoms with van der Waals surface area (Å²) in [6.45, 7) is 0.554. The number of H-pyrrole nitrogens is 1. The molecule has 0 bridgehead atoms. The van der Waals surface area contributed by atoms with Gasteiger partial charge in [-0.25, -0.2) is 0 Å². The van der Waals surface area contributed by atoms with Gasteiger partial charge >= 0.3 is 0 Å². The van der Waals surface area contributed by atoms with Crippen molar-refractivity contribution in [1.82, 2.24) is 14.5 Å². The Hall–Kier alpha value is -2.67. The van der Waals surface area contributed by atoms with E-state index < -0.39 is 0 Å². The SMILES string of the molecule is O=c1c2cc3c(cc2[nH]c(=S)n1Cc1ccncc1)OCO3. The predicted molar refractivity (Wildman–Crippen MR) is 82.9 cm³/mol. The zero-order valence-corrected chi connectivity index (χ0v) is 12.2. The molecular weight excluding hydrogens is 302 g/mol. The van der Waals surface area contributed by atoms with Crippen LogP contribution in [0.1, 0.15) is 5.56 Å². The van der Waals surface area contributed by atoms with Crippen LogP contribution < -0.4 is 15.0 Å². The molecule has 3 aromatic rings. The number of aromatic nitrogens is 3. The number of ether oxygens (including phenoxy) is 2. The summed E-state index contributed by atoms with van der Waals surface area (Å²) in [7, 11) is 0. The number of hydrogen-bond acceptors (Lipinski definition) is 5. The van der Waals surface area contributed by atoms with Crippen LogP contribution in [0.5, 0.6) is 11.5 Å². The Bertz CT molecular complexity index is 979. The van der Waals surface area contributed by atoms with Gasteiger partial charge in [-0.15, -0.1) is 0 Å². The first-order chi connectivity index (χ1) is 10.7. The highest BCUT2D eigenvalue weighted by atomic mass is 32.1. The van der Waals surface area contributed by atoms with Crippen molar-refractivity contribution < 1.29 is 9.47 Å². The first kappa shape index (κ1) is 13.0. The molecule has 110 valence electrons. The van der Waals surface area contributed by atoms with Gasteiger partial charge in [-0.2, -0.15) is 0 Å². The van der Waals surface area contributed by atoms with E-state index in [1.165, 1.54) is 4.57 Å². The Balaban J connectivity index is 1.91. The van der Waals surface area contributed by atoms with Crippen LogP contribution in [-0.4, -0.2) is 21.3 Å². The molecule has 22 heavy (non-hydrogen) atoms. The molecule has 0 amide bonds. The Morgan fingerprint density at radius 1 is 1.23 bits per heavy atom. The lowest BCUT2D eigenvalue weighted by Gasteiger charge is -2.08. The predicted octanol–water partition coefficient (Wildman–Crippen LogP) is 2.23. The molecule has 1 aromatic carbocycles. The van der Waals surface area contributed by atoms with Gasteiger partial charge in [0, 0.05) is 18.5 Å². The summed E-state index contributed by atoms with van der Waals surface area (Å²) in [6.07, 6.45) is 3.37. The van der Waals surface area contributed by atoms with Crippen LogP contribution in [-0.2, 0) is 6.54 Å². The third kappa shape index (κ3) is 2.06. The van der Waals surface area contributed by atoms with E-state index in [4.69, 9.17) is 21.7 Å². The second kappa shape index (κ2) is 4.96. The number of nitrogens with zero attached hydrogens (tertiary/aromatic N) is 2. The summed E-state index contributed by atoms with van der Waals surface area (Å²) in [5.41, 5.74) is 1.44.